The van der Waals surface area contributed by atoms with Gasteiger partial charge in [0, 0.05) is 25.6 Å². The van der Waals surface area contributed by atoms with Crippen molar-refractivity contribution >= 4 is 10.8 Å². The Morgan fingerprint density at radius 1 is 1.12 bits per heavy atom. The van der Waals surface area contributed by atoms with Crippen LogP contribution in [0.2, 0.25) is 0 Å². The normalized spacial score (nSPS) is 26.8. The van der Waals surface area contributed by atoms with E-state index in [9.17, 15) is 0 Å². The van der Waals surface area contributed by atoms with Gasteiger partial charge in [0.25, 0.3) is 0 Å². The number of aromatic nitrogens is 2. The highest BCUT2D eigenvalue weighted by Crippen LogP contribution is 2.55. The van der Waals surface area contributed by atoms with Crippen molar-refractivity contribution in [1.82, 2.24) is 20.4 Å². The molecule has 5 heteroatoms. The van der Waals surface area contributed by atoms with Gasteiger partial charge in [-0.05, 0) is 35.7 Å². The summed E-state index contributed by atoms with van der Waals surface area (Å²) in [6.45, 7) is 2.91. The molecule has 5 nitrogen and oxygen atoms in total. The van der Waals surface area contributed by atoms with E-state index in [-0.39, 0.29) is 6.04 Å². The lowest BCUT2D eigenvalue weighted by molar-refractivity contribution is 0.190. The standard InChI is InChI=1S/C20H22N4O/c1-24-10-9-21-12-18(24)19-22-20(25-23-19)17-11-16(17)15-8-4-6-13-5-2-3-7-14(13)15/h2-8,16-18,21H,9-12H2,1H3. The van der Waals surface area contributed by atoms with Gasteiger partial charge in [-0.3, -0.25) is 4.90 Å². The van der Waals surface area contributed by atoms with Crippen molar-refractivity contribution in [2.45, 2.75) is 24.3 Å². The van der Waals surface area contributed by atoms with Crippen LogP contribution in [0.25, 0.3) is 10.8 Å². The Labute approximate surface area is 147 Å². The van der Waals surface area contributed by atoms with E-state index in [1.807, 2.05) is 0 Å². The lowest BCUT2D eigenvalue weighted by Gasteiger charge is -2.30. The second-order valence-corrected chi connectivity index (χ2v) is 7.21. The molecule has 0 radical (unpaired) electrons. The molecule has 3 unspecified atom stereocenters. The van der Waals surface area contributed by atoms with Crippen LogP contribution in [0.3, 0.4) is 0 Å². The molecule has 3 atom stereocenters. The SMILES string of the molecule is CN1CCNCC1c1noc(C2CC2c2cccc3ccccc23)n1. The molecule has 1 saturated heterocycles. The smallest absolute Gasteiger partial charge is 0.230 e. The lowest BCUT2D eigenvalue weighted by Crippen LogP contribution is -2.44. The van der Waals surface area contributed by atoms with Gasteiger partial charge in [0.15, 0.2) is 5.82 Å². The van der Waals surface area contributed by atoms with Crippen LogP contribution < -0.4 is 5.32 Å². The van der Waals surface area contributed by atoms with Gasteiger partial charge in [0.2, 0.25) is 5.89 Å². The zero-order valence-electron chi connectivity index (χ0n) is 14.4. The van der Waals surface area contributed by atoms with Gasteiger partial charge < -0.3 is 9.84 Å². The van der Waals surface area contributed by atoms with Crippen molar-refractivity contribution in [1.29, 1.82) is 0 Å². The minimum atomic E-state index is 0.209. The molecule has 0 amide bonds. The van der Waals surface area contributed by atoms with Crippen molar-refractivity contribution in [3.05, 3.63) is 59.7 Å². The van der Waals surface area contributed by atoms with Gasteiger partial charge >= 0.3 is 0 Å². The Morgan fingerprint density at radius 2 is 2.00 bits per heavy atom. The molecule has 1 N–H and O–H groups in total. The highest BCUT2D eigenvalue weighted by molar-refractivity contribution is 5.86. The number of hydrogen-bond donors (Lipinski definition) is 1. The molecule has 1 aliphatic heterocycles. The summed E-state index contributed by atoms with van der Waals surface area (Å²) in [5, 5.41) is 10.3. The fraction of sp³-hybridized carbons (Fsp3) is 0.400. The second-order valence-electron chi connectivity index (χ2n) is 7.21. The maximum Gasteiger partial charge on any atom is 0.230 e. The summed E-state index contributed by atoms with van der Waals surface area (Å²) < 4.78 is 5.64. The van der Waals surface area contributed by atoms with Gasteiger partial charge in [-0.15, -0.1) is 0 Å². The molecular formula is C20H22N4O. The van der Waals surface area contributed by atoms with Crippen molar-refractivity contribution in [2.24, 2.45) is 0 Å². The molecule has 3 aromatic rings. The van der Waals surface area contributed by atoms with E-state index in [0.29, 0.717) is 11.8 Å². The third-order valence-corrected chi connectivity index (χ3v) is 5.60. The summed E-state index contributed by atoms with van der Waals surface area (Å²) in [5.41, 5.74) is 1.40. The van der Waals surface area contributed by atoms with Crippen LogP contribution >= 0.6 is 0 Å². The molecular weight excluding hydrogens is 312 g/mol. The summed E-state index contributed by atoms with van der Waals surface area (Å²) in [4.78, 5) is 7.03. The minimum Gasteiger partial charge on any atom is -0.339 e. The first kappa shape index (κ1) is 15.0. The van der Waals surface area contributed by atoms with E-state index in [1.165, 1.54) is 16.3 Å². The average Bonchev–Trinajstić information content (AvgIpc) is 3.30. The van der Waals surface area contributed by atoms with Gasteiger partial charge in [-0.1, -0.05) is 47.6 Å². The molecule has 1 aromatic heterocycles. The van der Waals surface area contributed by atoms with Crippen LogP contribution in [0.5, 0.6) is 0 Å². The lowest BCUT2D eigenvalue weighted by atomic mass is 10.0. The zero-order chi connectivity index (χ0) is 16.8. The Kier molecular flexibility index (Phi) is 3.57. The first-order chi connectivity index (χ1) is 12.3. The maximum atomic E-state index is 5.64. The monoisotopic (exact) mass is 334 g/mol. The molecule has 2 fully saturated rings. The molecule has 2 heterocycles. The van der Waals surface area contributed by atoms with E-state index in [1.54, 1.807) is 0 Å². The summed E-state index contributed by atoms with van der Waals surface area (Å²) in [5.74, 6) is 2.45. The number of likely N-dealkylation sites (N-methyl/N-ethyl adjacent to an activating group) is 1. The molecule has 2 aromatic carbocycles. The largest absolute Gasteiger partial charge is 0.339 e. The number of hydrogen-bond acceptors (Lipinski definition) is 5. The van der Waals surface area contributed by atoms with Gasteiger partial charge in [0.05, 0.1) is 6.04 Å². The van der Waals surface area contributed by atoms with Crippen LogP contribution in [-0.4, -0.2) is 41.7 Å². The number of nitrogens with zero attached hydrogens (tertiary/aromatic N) is 3. The van der Waals surface area contributed by atoms with E-state index in [2.05, 4.69) is 64.9 Å². The summed E-state index contributed by atoms with van der Waals surface area (Å²) in [7, 11) is 2.12. The molecule has 0 spiro atoms. The Hall–Kier alpha value is -2.24. The Balaban J connectivity index is 1.39. The topological polar surface area (TPSA) is 54.2 Å². The first-order valence-electron chi connectivity index (χ1n) is 9.03. The van der Waals surface area contributed by atoms with Crippen molar-refractivity contribution in [2.75, 3.05) is 26.7 Å². The molecule has 2 aliphatic rings. The fourth-order valence-corrected chi connectivity index (χ4v) is 4.01. The highest BCUT2D eigenvalue weighted by atomic mass is 16.5. The number of rotatable bonds is 3. The number of benzene rings is 2. The van der Waals surface area contributed by atoms with Crippen LogP contribution in [-0.2, 0) is 0 Å². The van der Waals surface area contributed by atoms with Crippen LogP contribution in [0, 0.1) is 0 Å². The van der Waals surface area contributed by atoms with E-state index in [4.69, 9.17) is 9.51 Å². The van der Waals surface area contributed by atoms with Crippen LogP contribution in [0.1, 0.15) is 41.6 Å². The number of fused-ring (bicyclic) bond motifs is 1. The van der Waals surface area contributed by atoms with Gasteiger partial charge in [0.1, 0.15) is 0 Å². The Bertz CT molecular complexity index is 900. The zero-order valence-corrected chi connectivity index (χ0v) is 14.4. The van der Waals surface area contributed by atoms with Crippen molar-refractivity contribution < 1.29 is 4.52 Å². The summed E-state index contributed by atoms with van der Waals surface area (Å²) >= 11 is 0. The molecule has 128 valence electrons. The predicted molar refractivity (Wildman–Crippen MR) is 96.6 cm³/mol. The summed E-state index contributed by atoms with van der Waals surface area (Å²) in [6, 6.07) is 15.4. The Morgan fingerprint density at radius 3 is 2.92 bits per heavy atom. The first-order valence-corrected chi connectivity index (χ1v) is 9.03. The third-order valence-electron chi connectivity index (χ3n) is 5.60. The second kappa shape index (κ2) is 5.93. The van der Waals surface area contributed by atoms with Gasteiger partial charge in [-0.2, -0.15) is 4.98 Å². The van der Waals surface area contributed by atoms with Crippen LogP contribution in [0.15, 0.2) is 47.0 Å². The number of piperazine rings is 1. The van der Waals surface area contributed by atoms with Crippen LogP contribution in [0.4, 0.5) is 0 Å². The molecule has 25 heavy (non-hydrogen) atoms. The predicted octanol–water partition coefficient (Wildman–Crippen LogP) is 3.07. The van der Waals surface area contributed by atoms with E-state index < -0.39 is 0 Å². The number of nitrogens with one attached hydrogen (secondary N) is 1. The quantitative estimate of drug-likeness (QED) is 0.798. The van der Waals surface area contributed by atoms with E-state index >= 15 is 0 Å². The molecule has 1 aliphatic carbocycles. The third kappa shape index (κ3) is 2.64. The molecule has 1 saturated carbocycles. The molecule has 5 rings (SSSR count). The average molecular weight is 334 g/mol. The highest BCUT2D eigenvalue weighted by Gasteiger charge is 2.44. The van der Waals surface area contributed by atoms with Crippen molar-refractivity contribution in [3.63, 3.8) is 0 Å². The van der Waals surface area contributed by atoms with E-state index in [0.717, 1.165) is 37.8 Å². The van der Waals surface area contributed by atoms with Crippen molar-refractivity contribution in [3.8, 4) is 0 Å². The minimum absolute atomic E-state index is 0.209. The fourth-order valence-electron chi connectivity index (χ4n) is 4.01. The van der Waals surface area contributed by atoms with Gasteiger partial charge in [-0.25, -0.2) is 0 Å². The maximum absolute atomic E-state index is 5.64. The molecule has 0 bridgehead atoms. The summed E-state index contributed by atoms with van der Waals surface area (Å²) in [6.07, 6.45) is 1.09.